The molecule has 2 heterocycles. The molecule has 0 N–H and O–H groups in total. The number of hydrogen-bond acceptors (Lipinski definition) is 4. The van der Waals surface area contributed by atoms with E-state index in [0.717, 1.165) is 60.9 Å². The van der Waals surface area contributed by atoms with Crippen LogP contribution in [-0.4, -0.2) is 38.2 Å². The Morgan fingerprint density at radius 2 is 1.65 bits per heavy atom. The lowest BCUT2D eigenvalue weighted by Gasteiger charge is -2.34. The Hall–Kier alpha value is -3.07. The molecule has 1 aliphatic heterocycles. The van der Waals surface area contributed by atoms with E-state index in [9.17, 15) is 17.6 Å². The van der Waals surface area contributed by atoms with E-state index >= 15 is 0 Å². The summed E-state index contributed by atoms with van der Waals surface area (Å²) in [5.41, 5.74) is 2.14. The van der Waals surface area contributed by atoms with Crippen molar-refractivity contribution in [3.63, 3.8) is 0 Å². The third kappa shape index (κ3) is 4.61. The molecule has 1 aliphatic carbocycles. The fourth-order valence-electron chi connectivity index (χ4n) is 5.01. The average Bonchev–Trinajstić information content (AvgIpc) is 3.52. The molecule has 0 radical (unpaired) electrons. The summed E-state index contributed by atoms with van der Waals surface area (Å²) in [6.45, 7) is 1.25. The Kier molecular flexibility index (Phi) is 6.20. The van der Waals surface area contributed by atoms with Crippen LogP contribution in [0.3, 0.4) is 0 Å². The van der Waals surface area contributed by atoms with Gasteiger partial charge in [-0.3, -0.25) is 4.90 Å². The molecule has 2 aromatic carbocycles. The Labute approximate surface area is 195 Å². The summed E-state index contributed by atoms with van der Waals surface area (Å²) in [5.74, 6) is 0.383. The van der Waals surface area contributed by atoms with E-state index < -0.39 is 11.7 Å². The van der Waals surface area contributed by atoms with E-state index in [-0.39, 0.29) is 17.9 Å². The molecule has 5 nitrogen and oxygen atoms in total. The second kappa shape index (κ2) is 9.29. The van der Waals surface area contributed by atoms with Gasteiger partial charge in [-0.25, -0.2) is 9.07 Å². The summed E-state index contributed by atoms with van der Waals surface area (Å²) in [7, 11) is 0. The van der Waals surface area contributed by atoms with Gasteiger partial charge in [-0.1, -0.05) is 43.2 Å². The standard InChI is InChI=1S/C25H25F4N5/c26-21-11-7-17(8-12-21)18-13-15-33(16-14-18)23(19-5-9-20(10-6-19)25(27,28)29)24-30-31-32-34(24)22-3-1-2-4-22/h5-13,22-23H,1-4,14-16H2/t23-/m0/s1. The Morgan fingerprint density at radius 1 is 0.941 bits per heavy atom. The first-order chi connectivity index (χ1) is 16.4. The van der Waals surface area contributed by atoms with E-state index in [2.05, 4.69) is 26.5 Å². The van der Waals surface area contributed by atoms with Gasteiger partial charge in [0.05, 0.1) is 17.6 Å². The summed E-state index contributed by atoms with van der Waals surface area (Å²) >= 11 is 0. The first-order valence-electron chi connectivity index (χ1n) is 11.5. The summed E-state index contributed by atoms with van der Waals surface area (Å²) in [6, 6.07) is 11.6. The van der Waals surface area contributed by atoms with Crippen molar-refractivity contribution in [2.75, 3.05) is 13.1 Å². The molecular formula is C25H25F4N5. The number of halogens is 4. The van der Waals surface area contributed by atoms with Gasteiger partial charge in [0.15, 0.2) is 5.82 Å². The van der Waals surface area contributed by atoms with Crippen LogP contribution in [0, 0.1) is 5.82 Å². The van der Waals surface area contributed by atoms with Crippen LogP contribution in [0.1, 0.15) is 66.7 Å². The summed E-state index contributed by atoms with van der Waals surface area (Å²) in [6.07, 6.45) is 2.65. The molecule has 0 saturated heterocycles. The quantitative estimate of drug-likeness (QED) is 0.440. The number of alkyl halides is 3. The van der Waals surface area contributed by atoms with Crippen LogP contribution in [-0.2, 0) is 6.18 Å². The minimum Gasteiger partial charge on any atom is -0.286 e. The molecule has 178 valence electrons. The van der Waals surface area contributed by atoms with Crippen LogP contribution in [0.5, 0.6) is 0 Å². The number of benzene rings is 2. The number of hydrogen-bond donors (Lipinski definition) is 0. The van der Waals surface area contributed by atoms with Crippen LogP contribution < -0.4 is 0 Å². The fourth-order valence-corrected chi connectivity index (χ4v) is 5.01. The van der Waals surface area contributed by atoms with E-state index in [1.165, 1.54) is 24.3 Å². The Balaban J connectivity index is 1.48. The van der Waals surface area contributed by atoms with Crippen molar-refractivity contribution >= 4 is 5.57 Å². The zero-order valence-electron chi connectivity index (χ0n) is 18.5. The number of tetrazole rings is 1. The highest BCUT2D eigenvalue weighted by molar-refractivity contribution is 5.66. The largest absolute Gasteiger partial charge is 0.416 e. The number of rotatable bonds is 5. The van der Waals surface area contributed by atoms with Gasteiger partial charge in [-0.05, 0) is 70.7 Å². The average molecular weight is 472 g/mol. The van der Waals surface area contributed by atoms with E-state index in [4.69, 9.17) is 0 Å². The number of nitrogens with zero attached hydrogens (tertiary/aromatic N) is 5. The van der Waals surface area contributed by atoms with Crippen LogP contribution in [0.25, 0.3) is 5.57 Å². The molecule has 0 bridgehead atoms. The fraction of sp³-hybridized carbons (Fsp3) is 0.400. The maximum atomic E-state index is 13.3. The third-order valence-corrected chi connectivity index (χ3v) is 6.81. The molecule has 2 aliphatic rings. The van der Waals surface area contributed by atoms with Gasteiger partial charge < -0.3 is 0 Å². The predicted molar refractivity (Wildman–Crippen MR) is 119 cm³/mol. The lowest BCUT2D eigenvalue weighted by atomic mass is 9.96. The molecule has 0 spiro atoms. The van der Waals surface area contributed by atoms with Crippen molar-refractivity contribution in [1.29, 1.82) is 0 Å². The highest BCUT2D eigenvalue weighted by Crippen LogP contribution is 2.37. The molecule has 1 atom stereocenters. The maximum absolute atomic E-state index is 13.3. The van der Waals surface area contributed by atoms with Gasteiger partial charge in [-0.2, -0.15) is 13.2 Å². The smallest absolute Gasteiger partial charge is 0.286 e. The molecule has 0 unspecified atom stereocenters. The van der Waals surface area contributed by atoms with Crippen molar-refractivity contribution in [3.8, 4) is 0 Å². The van der Waals surface area contributed by atoms with E-state index in [1.807, 2.05) is 4.68 Å². The van der Waals surface area contributed by atoms with Gasteiger partial charge >= 0.3 is 6.18 Å². The molecule has 34 heavy (non-hydrogen) atoms. The monoisotopic (exact) mass is 471 g/mol. The number of aromatic nitrogens is 4. The predicted octanol–water partition coefficient (Wildman–Crippen LogP) is 5.82. The lowest BCUT2D eigenvalue weighted by Crippen LogP contribution is -2.35. The van der Waals surface area contributed by atoms with E-state index in [0.29, 0.717) is 18.9 Å². The zero-order valence-corrected chi connectivity index (χ0v) is 18.5. The van der Waals surface area contributed by atoms with Crippen molar-refractivity contribution in [1.82, 2.24) is 25.1 Å². The van der Waals surface area contributed by atoms with Crippen molar-refractivity contribution in [3.05, 3.63) is 82.9 Å². The highest BCUT2D eigenvalue weighted by atomic mass is 19.4. The normalized spacial score (nSPS) is 18.8. The van der Waals surface area contributed by atoms with E-state index in [1.54, 1.807) is 12.1 Å². The minimum absolute atomic E-state index is 0.206. The maximum Gasteiger partial charge on any atom is 0.416 e. The molecule has 9 heteroatoms. The molecule has 1 saturated carbocycles. The van der Waals surface area contributed by atoms with Crippen LogP contribution in [0.4, 0.5) is 17.6 Å². The Morgan fingerprint density at radius 3 is 2.26 bits per heavy atom. The van der Waals surface area contributed by atoms with Gasteiger partial charge in [-0.15, -0.1) is 5.10 Å². The van der Waals surface area contributed by atoms with Gasteiger partial charge in [0.25, 0.3) is 0 Å². The topological polar surface area (TPSA) is 46.8 Å². The molecule has 1 fully saturated rings. The van der Waals surface area contributed by atoms with Crippen LogP contribution in [0.2, 0.25) is 0 Å². The van der Waals surface area contributed by atoms with Gasteiger partial charge in [0.1, 0.15) is 5.82 Å². The van der Waals surface area contributed by atoms with Crippen molar-refractivity contribution in [2.45, 2.75) is 50.4 Å². The second-order valence-electron chi connectivity index (χ2n) is 8.92. The van der Waals surface area contributed by atoms with Gasteiger partial charge in [0.2, 0.25) is 0 Å². The molecule has 0 amide bonds. The summed E-state index contributed by atoms with van der Waals surface area (Å²) in [5, 5.41) is 12.6. The first kappa shape index (κ1) is 22.7. The van der Waals surface area contributed by atoms with Crippen molar-refractivity contribution in [2.24, 2.45) is 0 Å². The molecule has 3 aromatic rings. The highest BCUT2D eigenvalue weighted by Gasteiger charge is 2.34. The summed E-state index contributed by atoms with van der Waals surface area (Å²) < 4.78 is 54.7. The third-order valence-electron chi connectivity index (χ3n) is 6.81. The Bertz CT molecular complexity index is 1150. The SMILES string of the molecule is Fc1ccc(C2=CCN([C@@H](c3ccc(C(F)(F)F)cc3)c3nnnn3C3CCCC3)CC2)cc1. The van der Waals surface area contributed by atoms with Crippen LogP contribution in [0.15, 0.2) is 54.6 Å². The van der Waals surface area contributed by atoms with Crippen molar-refractivity contribution < 1.29 is 17.6 Å². The molecule has 5 rings (SSSR count). The molecule has 1 aromatic heterocycles. The second-order valence-corrected chi connectivity index (χ2v) is 8.92. The lowest BCUT2D eigenvalue weighted by molar-refractivity contribution is -0.137. The minimum atomic E-state index is -4.39. The first-order valence-corrected chi connectivity index (χ1v) is 11.5. The van der Waals surface area contributed by atoms with Crippen LogP contribution >= 0.6 is 0 Å². The summed E-state index contributed by atoms with van der Waals surface area (Å²) in [4.78, 5) is 2.19. The van der Waals surface area contributed by atoms with Gasteiger partial charge in [0, 0.05) is 13.1 Å². The molecular weight excluding hydrogens is 446 g/mol. The zero-order chi connectivity index (χ0) is 23.7.